The summed E-state index contributed by atoms with van der Waals surface area (Å²) < 4.78 is 37.7. The molecule has 0 bridgehead atoms. The predicted molar refractivity (Wildman–Crippen MR) is 60.8 cm³/mol. The Kier molecular flexibility index (Phi) is 4.51. The molecule has 2 unspecified atom stereocenters. The van der Waals surface area contributed by atoms with Gasteiger partial charge < -0.3 is 5.32 Å². The lowest BCUT2D eigenvalue weighted by Gasteiger charge is -2.22. The van der Waals surface area contributed by atoms with Crippen LogP contribution in [0.3, 0.4) is 0 Å². The lowest BCUT2D eigenvalue weighted by Crippen LogP contribution is -2.29. The Morgan fingerprint density at radius 2 is 2.06 bits per heavy atom. The highest BCUT2D eigenvalue weighted by atomic mass is 19.4. The van der Waals surface area contributed by atoms with Gasteiger partial charge in [-0.1, -0.05) is 6.92 Å². The maximum Gasteiger partial charge on any atom is 0.416 e. The van der Waals surface area contributed by atoms with Gasteiger partial charge in [-0.15, -0.1) is 0 Å². The van der Waals surface area contributed by atoms with Crippen molar-refractivity contribution in [2.75, 3.05) is 7.05 Å². The second-order valence-corrected chi connectivity index (χ2v) is 4.06. The molecule has 0 spiro atoms. The summed E-state index contributed by atoms with van der Waals surface area (Å²) in [5, 5.41) is 3.05. The molecule has 0 aliphatic rings. The van der Waals surface area contributed by atoms with Crippen LogP contribution in [-0.4, -0.2) is 18.1 Å². The first-order valence-electron chi connectivity index (χ1n) is 5.60. The molecule has 0 aliphatic carbocycles. The van der Waals surface area contributed by atoms with Crippen molar-refractivity contribution in [2.24, 2.45) is 0 Å². The van der Waals surface area contributed by atoms with Crippen LogP contribution in [0.15, 0.2) is 18.3 Å². The van der Waals surface area contributed by atoms with Crippen molar-refractivity contribution >= 4 is 0 Å². The van der Waals surface area contributed by atoms with Crippen LogP contribution in [0.5, 0.6) is 0 Å². The smallest absolute Gasteiger partial charge is 0.317 e. The molecule has 1 aromatic rings. The number of nitrogens with one attached hydrogen (secondary N) is 1. The number of likely N-dealkylation sites (N-methyl/N-ethyl adjacent to an activating group) is 1. The highest BCUT2D eigenvalue weighted by molar-refractivity contribution is 5.22. The van der Waals surface area contributed by atoms with E-state index in [1.807, 2.05) is 13.8 Å². The maximum absolute atomic E-state index is 12.6. The van der Waals surface area contributed by atoms with E-state index in [0.29, 0.717) is 5.69 Å². The van der Waals surface area contributed by atoms with Gasteiger partial charge in [0.05, 0.1) is 5.56 Å². The van der Waals surface area contributed by atoms with Crippen LogP contribution in [0.2, 0.25) is 0 Å². The molecule has 0 aromatic carbocycles. The van der Waals surface area contributed by atoms with E-state index in [4.69, 9.17) is 0 Å². The van der Waals surface area contributed by atoms with Crippen LogP contribution in [0, 0.1) is 0 Å². The van der Waals surface area contributed by atoms with Crippen LogP contribution in [-0.2, 0) is 6.18 Å². The minimum atomic E-state index is -4.31. The lowest BCUT2D eigenvalue weighted by atomic mass is 9.93. The molecule has 1 aromatic heterocycles. The van der Waals surface area contributed by atoms with Crippen LogP contribution < -0.4 is 5.32 Å². The van der Waals surface area contributed by atoms with E-state index in [9.17, 15) is 13.2 Å². The van der Waals surface area contributed by atoms with Crippen LogP contribution in [0.4, 0.5) is 13.2 Å². The average molecular weight is 246 g/mol. The molecule has 0 radical (unpaired) electrons. The summed E-state index contributed by atoms with van der Waals surface area (Å²) in [7, 11) is 1.79. The van der Waals surface area contributed by atoms with E-state index in [-0.39, 0.29) is 12.0 Å². The second kappa shape index (κ2) is 5.49. The van der Waals surface area contributed by atoms with E-state index in [1.54, 1.807) is 7.05 Å². The van der Waals surface area contributed by atoms with E-state index in [2.05, 4.69) is 10.3 Å². The zero-order valence-electron chi connectivity index (χ0n) is 10.2. The Morgan fingerprint density at radius 1 is 1.41 bits per heavy atom. The Balaban J connectivity index is 3.05. The van der Waals surface area contributed by atoms with Gasteiger partial charge in [-0.25, -0.2) is 0 Å². The van der Waals surface area contributed by atoms with Gasteiger partial charge in [0.2, 0.25) is 0 Å². The van der Waals surface area contributed by atoms with Gasteiger partial charge in [-0.05, 0) is 32.5 Å². The number of nitrogens with zero attached hydrogens (tertiary/aromatic N) is 1. The van der Waals surface area contributed by atoms with Crippen molar-refractivity contribution in [3.63, 3.8) is 0 Å². The van der Waals surface area contributed by atoms with Crippen molar-refractivity contribution in [3.8, 4) is 0 Å². The standard InChI is InChI=1S/C12H17F3N2/c1-4-10(8(2)16-3)11-7-9(5-6-17-11)12(13,14)15/h5-8,10,16H,4H2,1-3H3. The molecule has 0 saturated carbocycles. The van der Waals surface area contributed by atoms with Gasteiger partial charge in [-0.3, -0.25) is 4.98 Å². The summed E-state index contributed by atoms with van der Waals surface area (Å²) in [6.45, 7) is 3.89. The third-order valence-electron chi connectivity index (χ3n) is 2.99. The Labute approximate surface area is 99.3 Å². The van der Waals surface area contributed by atoms with Crippen molar-refractivity contribution in [3.05, 3.63) is 29.6 Å². The molecular formula is C12H17F3N2. The maximum atomic E-state index is 12.6. The molecule has 2 atom stereocenters. The molecule has 1 rings (SSSR count). The summed E-state index contributed by atoms with van der Waals surface area (Å²) in [5.41, 5.74) is -0.145. The predicted octanol–water partition coefficient (Wildman–Crippen LogP) is 3.20. The lowest BCUT2D eigenvalue weighted by molar-refractivity contribution is -0.137. The molecule has 0 fully saturated rings. The molecule has 1 heterocycles. The number of pyridine rings is 1. The first kappa shape index (κ1) is 14.0. The molecule has 0 aliphatic heterocycles. The minimum Gasteiger partial charge on any atom is -0.317 e. The number of halogens is 3. The zero-order chi connectivity index (χ0) is 13.1. The quantitative estimate of drug-likeness (QED) is 0.882. The zero-order valence-corrected chi connectivity index (χ0v) is 10.2. The normalized spacial score (nSPS) is 15.6. The highest BCUT2D eigenvalue weighted by Crippen LogP contribution is 2.31. The molecule has 0 saturated heterocycles. The number of alkyl halides is 3. The van der Waals surface area contributed by atoms with E-state index in [1.165, 1.54) is 6.20 Å². The fourth-order valence-electron chi connectivity index (χ4n) is 1.85. The summed E-state index contributed by atoms with van der Waals surface area (Å²) in [6, 6.07) is 2.23. The van der Waals surface area contributed by atoms with Gasteiger partial charge in [0.1, 0.15) is 0 Å². The largest absolute Gasteiger partial charge is 0.416 e. The van der Waals surface area contributed by atoms with E-state index in [0.717, 1.165) is 18.6 Å². The summed E-state index contributed by atoms with van der Waals surface area (Å²) >= 11 is 0. The number of hydrogen-bond acceptors (Lipinski definition) is 2. The summed E-state index contributed by atoms with van der Waals surface area (Å²) in [6.07, 6.45) is -2.33. The van der Waals surface area contributed by atoms with E-state index >= 15 is 0 Å². The van der Waals surface area contributed by atoms with Crippen molar-refractivity contribution in [1.29, 1.82) is 0 Å². The Bertz CT molecular complexity index is 363. The van der Waals surface area contributed by atoms with E-state index < -0.39 is 11.7 Å². The monoisotopic (exact) mass is 246 g/mol. The third kappa shape index (κ3) is 3.43. The molecule has 1 N–H and O–H groups in total. The van der Waals surface area contributed by atoms with Gasteiger partial charge in [0.15, 0.2) is 0 Å². The van der Waals surface area contributed by atoms with Gasteiger partial charge in [-0.2, -0.15) is 13.2 Å². The van der Waals surface area contributed by atoms with Crippen molar-refractivity contribution < 1.29 is 13.2 Å². The molecule has 17 heavy (non-hydrogen) atoms. The molecule has 0 amide bonds. The first-order valence-corrected chi connectivity index (χ1v) is 5.60. The Morgan fingerprint density at radius 3 is 2.53 bits per heavy atom. The minimum absolute atomic E-state index is 0.0118. The molecule has 96 valence electrons. The number of rotatable bonds is 4. The third-order valence-corrected chi connectivity index (χ3v) is 2.99. The first-order chi connectivity index (χ1) is 7.90. The Hall–Kier alpha value is -1.10. The van der Waals surface area contributed by atoms with Gasteiger partial charge in [0, 0.05) is 23.9 Å². The topological polar surface area (TPSA) is 24.9 Å². The van der Waals surface area contributed by atoms with Crippen LogP contribution in [0.25, 0.3) is 0 Å². The number of hydrogen-bond donors (Lipinski definition) is 1. The van der Waals surface area contributed by atoms with Crippen molar-refractivity contribution in [2.45, 2.75) is 38.4 Å². The van der Waals surface area contributed by atoms with Gasteiger partial charge in [0.25, 0.3) is 0 Å². The molecular weight excluding hydrogens is 229 g/mol. The SMILES string of the molecule is CCC(c1cc(C(F)(F)F)ccn1)C(C)NC. The number of aromatic nitrogens is 1. The second-order valence-electron chi connectivity index (χ2n) is 4.06. The molecule has 2 nitrogen and oxygen atoms in total. The highest BCUT2D eigenvalue weighted by Gasteiger charge is 2.31. The van der Waals surface area contributed by atoms with Crippen molar-refractivity contribution in [1.82, 2.24) is 10.3 Å². The fourth-order valence-corrected chi connectivity index (χ4v) is 1.85. The fraction of sp³-hybridized carbons (Fsp3) is 0.583. The summed E-state index contributed by atoms with van der Waals surface area (Å²) in [5.74, 6) is -0.0118. The summed E-state index contributed by atoms with van der Waals surface area (Å²) in [4.78, 5) is 4.05. The van der Waals surface area contributed by atoms with Crippen LogP contribution in [0.1, 0.15) is 37.4 Å². The average Bonchev–Trinajstić information content (AvgIpc) is 2.29. The van der Waals surface area contributed by atoms with Gasteiger partial charge >= 0.3 is 6.18 Å². The molecule has 5 heteroatoms. The van der Waals surface area contributed by atoms with Crippen LogP contribution >= 0.6 is 0 Å².